The molecule has 1 fully saturated rings. The van der Waals surface area contributed by atoms with Crippen molar-refractivity contribution < 1.29 is 14.8 Å². The van der Waals surface area contributed by atoms with Gasteiger partial charge in [0.1, 0.15) is 0 Å². The summed E-state index contributed by atoms with van der Waals surface area (Å²) in [6.07, 6.45) is -0.0602. The SMILES string of the molecule is C=C1CC(=O)N(O)C1=O. The molecule has 1 aliphatic rings. The van der Waals surface area contributed by atoms with Gasteiger partial charge in [0.2, 0.25) is 0 Å². The van der Waals surface area contributed by atoms with E-state index in [9.17, 15) is 9.59 Å². The molecule has 4 heteroatoms. The monoisotopic (exact) mass is 127 g/mol. The summed E-state index contributed by atoms with van der Waals surface area (Å²) >= 11 is 0. The number of amides is 2. The van der Waals surface area contributed by atoms with Crippen LogP contribution in [-0.2, 0) is 9.59 Å². The molecule has 1 saturated heterocycles. The van der Waals surface area contributed by atoms with Gasteiger partial charge in [0.25, 0.3) is 11.8 Å². The van der Waals surface area contributed by atoms with E-state index in [1.807, 2.05) is 0 Å². The molecule has 4 nitrogen and oxygen atoms in total. The van der Waals surface area contributed by atoms with Crippen molar-refractivity contribution in [2.45, 2.75) is 6.42 Å². The van der Waals surface area contributed by atoms with Crippen LogP contribution in [0.2, 0.25) is 0 Å². The normalized spacial score (nSPS) is 19.7. The minimum atomic E-state index is -0.694. The Hall–Kier alpha value is -1.16. The van der Waals surface area contributed by atoms with Crippen LogP contribution in [0.5, 0.6) is 0 Å². The van der Waals surface area contributed by atoms with Gasteiger partial charge in [0.05, 0.1) is 6.42 Å². The smallest absolute Gasteiger partial charge is 0.278 e. The minimum absolute atomic E-state index is 0.0602. The number of hydrogen-bond acceptors (Lipinski definition) is 3. The van der Waals surface area contributed by atoms with Gasteiger partial charge < -0.3 is 0 Å². The summed E-state index contributed by atoms with van der Waals surface area (Å²) in [4.78, 5) is 20.9. The topological polar surface area (TPSA) is 57.6 Å². The predicted molar refractivity (Wildman–Crippen MR) is 27.4 cm³/mol. The first kappa shape index (κ1) is 5.97. The first-order chi connectivity index (χ1) is 4.13. The Bertz CT molecular complexity index is 196. The van der Waals surface area contributed by atoms with Gasteiger partial charge in [-0.1, -0.05) is 6.58 Å². The van der Waals surface area contributed by atoms with Gasteiger partial charge in [0.15, 0.2) is 0 Å². The second-order valence-electron chi connectivity index (χ2n) is 1.79. The molecule has 1 aliphatic heterocycles. The first-order valence-electron chi connectivity index (χ1n) is 2.37. The van der Waals surface area contributed by atoms with Crippen molar-refractivity contribution in [2.75, 3.05) is 0 Å². The lowest BCUT2D eigenvalue weighted by Gasteiger charge is -1.98. The summed E-state index contributed by atoms with van der Waals surface area (Å²) in [6.45, 7) is 3.26. The number of hydrogen-bond donors (Lipinski definition) is 1. The first-order valence-corrected chi connectivity index (χ1v) is 2.37. The lowest BCUT2D eigenvalue weighted by atomic mass is 10.3. The zero-order chi connectivity index (χ0) is 7.02. The highest BCUT2D eigenvalue weighted by molar-refractivity contribution is 6.11. The fourth-order valence-electron chi connectivity index (χ4n) is 0.596. The second kappa shape index (κ2) is 1.66. The van der Waals surface area contributed by atoms with Crippen molar-refractivity contribution in [1.82, 2.24) is 5.06 Å². The van der Waals surface area contributed by atoms with Gasteiger partial charge in [-0.15, -0.1) is 0 Å². The van der Waals surface area contributed by atoms with Crippen LogP contribution >= 0.6 is 0 Å². The molecule has 0 radical (unpaired) electrons. The van der Waals surface area contributed by atoms with Crippen molar-refractivity contribution >= 4 is 11.8 Å². The van der Waals surface area contributed by atoms with E-state index >= 15 is 0 Å². The van der Waals surface area contributed by atoms with Crippen LogP contribution in [0.25, 0.3) is 0 Å². The fraction of sp³-hybridized carbons (Fsp3) is 0.200. The largest absolute Gasteiger partial charge is 0.280 e. The Morgan fingerprint density at radius 2 is 2.11 bits per heavy atom. The number of rotatable bonds is 0. The van der Waals surface area contributed by atoms with Gasteiger partial charge >= 0.3 is 0 Å². The lowest BCUT2D eigenvalue weighted by molar-refractivity contribution is -0.170. The quantitative estimate of drug-likeness (QED) is 0.276. The fourth-order valence-corrected chi connectivity index (χ4v) is 0.596. The molecule has 0 aromatic carbocycles. The summed E-state index contributed by atoms with van der Waals surface area (Å²) in [5.74, 6) is -1.30. The summed E-state index contributed by atoms with van der Waals surface area (Å²) < 4.78 is 0. The average molecular weight is 127 g/mol. The molecule has 1 heterocycles. The molecule has 1 rings (SSSR count). The Labute approximate surface area is 51.3 Å². The van der Waals surface area contributed by atoms with E-state index < -0.39 is 11.8 Å². The van der Waals surface area contributed by atoms with Crippen LogP contribution in [0, 0.1) is 0 Å². The number of nitrogens with zero attached hydrogens (tertiary/aromatic N) is 1. The Kier molecular flexibility index (Phi) is 1.10. The third kappa shape index (κ3) is 0.728. The molecule has 0 atom stereocenters. The molecule has 9 heavy (non-hydrogen) atoms. The number of carbonyl (C=O) groups is 2. The molecule has 2 amide bonds. The van der Waals surface area contributed by atoms with Gasteiger partial charge in [-0.25, -0.2) is 0 Å². The van der Waals surface area contributed by atoms with Gasteiger partial charge in [-0.3, -0.25) is 14.8 Å². The van der Waals surface area contributed by atoms with Crippen LogP contribution in [0.4, 0.5) is 0 Å². The predicted octanol–water partition coefficient (Wildman–Crippen LogP) is -0.309. The van der Waals surface area contributed by atoms with E-state index in [1.165, 1.54) is 0 Å². The highest BCUT2D eigenvalue weighted by Crippen LogP contribution is 2.13. The van der Waals surface area contributed by atoms with Crippen molar-refractivity contribution in [3.05, 3.63) is 12.2 Å². The molecule has 0 bridgehead atoms. The van der Waals surface area contributed by atoms with E-state index in [1.54, 1.807) is 0 Å². The molecule has 48 valence electrons. The molecular weight excluding hydrogens is 122 g/mol. The summed E-state index contributed by atoms with van der Waals surface area (Å²) in [7, 11) is 0. The molecule has 0 aromatic heterocycles. The molecule has 0 spiro atoms. The van der Waals surface area contributed by atoms with Gasteiger partial charge in [-0.2, -0.15) is 5.06 Å². The van der Waals surface area contributed by atoms with E-state index in [4.69, 9.17) is 5.21 Å². The third-order valence-electron chi connectivity index (χ3n) is 1.10. The molecule has 0 saturated carbocycles. The van der Waals surface area contributed by atoms with Crippen molar-refractivity contribution in [3.8, 4) is 0 Å². The molecule has 0 aliphatic carbocycles. The third-order valence-corrected chi connectivity index (χ3v) is 1.10. The Morgan fingerprint density at radius 3 is 2.22 bits per heavy atom. The number of imide groups is 1. The zero-order valence-electron chi connectivity index (χ0n) is 4.63. The van der Waals surface area contributed by atoms with Crippen molar-refractivity contribution in [3.63, 3.8) is 0 Å². The summed E-state index contributed by atoms with van der Waals surface area (Å²) in [6, 6.07) is 0. The highest BCUT2D eigenvalue weighted by atomic mass is 16.5. The Balaban J connectivity index is 2.90. The maximum Gasteiger partial charge on any atom is 0.280 e. The van der Waals surface area contributed by atoms with E-state index in [0.29, 0.717) is 0 Å². The number of carbonyl (C=O) groups excluding carboxylic acids is 2. The van der Waals surface area contributed by atoms with Gasteiger partial charge in [-0.05, 0) is 0 Å². The number of hydroxylamine groups is 2. The van der Waals surface area contributed by atoms with Crippen LogP contribution in [0.3, 0.4) is 0 Å². The summed E-state index contributed by atoms with van der Waals surface area (Å²) in [5, 5.41) is 8.60. The minimum Gasteiger partial charge on any atom is -0.278 e. The second-order valence-corrected chi connectivity index (χ2v) is 1.79. The van der Waals surface area contributed by atoms with Crippen LogP contribution in [-0.4, -0.2) is 22.1 Å². The molecule has 0 unspecified atom stereocenters. The summed E-state index contributed by atoms with van der Waals surface area (Å²) in [5.41, 5.74) is 0.141. The zero-order valence-corrected chi connectivity index (χ0v) is 4.63. The van der Waals surface area contributed by atoms with E-state index in [2.05, 4.69) is 6.58 Å². The molecule has 0 aromatic rings. The van der Waals surface area contributed by atoms with E-state index in [-0.39, 0.29) is 17.1 Å². The average Bonchev–Trinajstić information content (AvgIpc) is 1.98. The molecule has 1 N–H and O–H groups in total. The standard InChI is InChI=1S/C5H5NO3/c1-3-2-4(7)6(9)5(3)8/h9H,1-2H2. The lowest BCUT2D eigenvalue weighted by Crippen LogP contribution is -2.24. The maximum absolute atomic E-state index is 10.5. The van der Waals surface area contributed by atoms with Gasteiger partial charge in [0, 0.05) is 5.57 Å². The van der Waals surface area contributed by atoms with Crippen LogP contribution in [0.15, 0.2) is 12.2 Å². The van der Waals surface area contributed by atoms with Crippen molar-refractivity contribution in [2.24, 2.45) is 0 Å². The molecular formula is C5H5NO3. The maximum atomic E-state index is 10.5. The van der Waals surface area contributed by atoms with Crippen LogP contribution < -0.4 is 0 Å². The van der Waals surface area contributed by atoms with Crippen molar-refractivity contribution in [1.29, 1.82) is 0 Å². The van der Waals surface area contributed by atoms with Crippen LogP contribution in [0.1, 0.15) is 6.42 Å². The van der Waals surface area contributed by atoms with E-state index in [0.717, 1.165) is 0 Å². The highest BCUT2D eigenvalue weighted by Gasteiger charge is 2.30. The Morgan fingerprint density at radius 1 is 1.56 bits per heavy atom.